The number of carbonyl (C=O) groups is 1. The molecule has 7 heteroatoms. The van der Waals surface area contributed by atoms with Crippen LogP contribution in [0.25, 0.3) is 0 Å². The van der Waals surface area contributed by atoms with Crippen LogP contribution < -0.4 is 11.1 Å². The van der Waals surface area contributed by atoms with Crippen molar-refractivity contribution in [1.29, 1.82) is 0 Å². The summed E-state index contributed by atoms with van der Waals surface area (Å²) >= 11 is 0. The number of rotatable bonds is 4. The Labute approximate surface area is 129 Å². The SMILES string of the molecule is CC1(CN)CCN(CC(=O)Nc2ccc(F)cc2F)C1.Cl. The molecule has 0 radical (unpaired) electrons. The summed E-state index contributed by atoms with van der Waals surface area (Å²) in [6, 6.07) is 3.08. The van der Waals surface area contributed by atoms with Gasteiger partial charge in [0.1, 0.15) is 11.6 Å². The summed E-state index contributed by atoms with van der Waals surface area (Å²) in [4.78, 5) is 13.9. The maximum atomic E-state index is 13.4. The number of amides is 1. The predicted molar refractivity (Wildman–Crippen MR) is 80.5 cm³/mol. The molecule has 118 valence electrons. The Morgan fingerprint density at radius 1 is 1.48 bits per heavy atom. The molecule has 1 atom stereocenters. The quantitative estimate of drug-likeness (QED) is 0.892. The Kier molecular flexibility index (Phi) is 6.07. The van der Waals surface area contributed by atoms with Gasteiger partial charge in [-0.05, 0) is 37.1 Å². The maximum Gasteiger partial charge on any atom is 0.238 e. The summed E-state index contributed by atoms with van der Waals surface area (Å²) in [5.74, 6) is -1.75. The first-order valence-electron chi connectivity index (χ1n) is 6.59. The van der Waals surface area contributed by atoms with E-state index in [4.69, 9.17) is 5.73 Å². The summed E-state index contributed by atoms with van der Waals surface area (Å²) < 4.78 is 26.2. The van der Waals surface area contributed by atoms with Crippen molar-refractivity contribution in [2.45, 2.75) is 13.3 Å². The van der Waals surface area contributed by atoms with E-state index in [2.05, 4.69) is 12.2 Å². The molecule has 1 aromatic carbocycles. The third kappa shape index (κ3) is 4.62. The first kappa shape index (κ1) is 17.8. The molecule has 0 spiro atoms. The Bertz CT molecular complexity index is 515. The zero-order chi connectivity index (χ0) is 14.8. The molecule has 4 nitrogen and oxygen atoms in total. The van der Waals surface area contributed by atoms with Crippen LogP contribution in [0.2, 0.25) is 0 Å². The number of carbonyl (C=O) groups excluding carboxylic acids is 1. The van der Waals surface area contributed by atoms with Crippen LogP contribution in [0.3, 0.4) is 0 Å². The highest BCUT2D eigenvalue weighted by atomic mass is 35.5. The Balaban J connectivity index is 0.00000220. The number of halogens is 3. The number of hydrogen-bond acceptors (Lipinski definition) is 3. The normalized spacial score (nSPS) is 21.9. The van der Waals surface area contributed by atoms with Gasteiger partial charge in [-0.15, -0.1) is 12.4 Å². The predicted octanol–water partition coefficient (Wildman–Crippen LogP) is 2.00. The number of hydrogen-bond donors (Lipinski definition) is 2. The molecule has 1 aromatic rings. The molecule has 1 amide bonds. The van der Waals surface area contributed by atoms with Crippen LogP contribution >= 0.6 is 12.4 Å². The summed E-state index contributed by atoms with van der Waals surface area (Å²) in [7, 11) is 0. The number of anilines is 1. The minimum Gasteiger partial charge on any atom is -0.330 e. The van der Waals surface area contributed by atoms with Crippen molar-refractivity contribution >= 4 is 24.0 Å². The molecule has 2 rings (SSSR count). The monoisotopic (exact) mass is 319 g/mol. The van der Waals surface area contributed by atoms with Gasteiger partial charge in [0.05, 0.1) is 12.2 Å². The van der Waals surface area contributed by atoms with Gasteiger partial charge in [-0.3, -0.25) is 9.69 Å². The Morgan fingerprint density at radius 2 is 2.19 bits per heavy atom. The molecule has 1 aliphatic heterocycles. The summed E-state index contributed by atoms with van der Waals surface area (Å²) in [5.41, 5.74) is 5.75. The molecule has 0 bridgehead atoms. The van der Waals surface area contributed by atoms with Crippen molar-refractivity contribution in [2.75, 3.05) is 31.5 Å². The van der Waals surface area contributed by atoms with Crippen molar-refractivity contribution in [3.8, 4) is 0 Å². The van der Waals surface area contributed by atoms with Crippen molar-refractivity contribution in [3.63, 3.8) is 0 Å². The topological polar surface area (TPSA) is 58.4 Å². The highest BCUT2D eigenvalue weighted by Crippen LogP contribution is 2.28. The van der Waals surface area contributed by atoms with Crippen molar-refractivity contribution in [2.24, 2.45) is 11.1 Å². The fourth-order valence-corrected chi connectivity index (χ4v) is 2.41. The molecule has 0 aliphatic carbocycles. The zero-order valence-corrected chi connectivity index (χ0v) is 12.7. The minimum atomic E-state index is -0.772. The van der Waals surface area contributed by atoms with Crippen LogP contribution in [-0.4, -0.2) is 37.0 Å². The van der Waals surface area contributed by atoms with E-state index in [1.807, 2.05) is 4.90 Å². The van der Waals surface area contributed by atoms with Gasteiger partial charge in [0.25, 0.3) is 0 Å². The fourth-order valence-electron chi connectivity index (χ4n) is 2.41. The third-order valence-electron chi connectivity index (χ3n) is 3.70. The molecule has 1 unspecified atom stereocenters. The molecule has 1 fully saturated rings. The van der Waals surface area contributed by atoms with E-state index < -0.39 is 11.6 Å². The molecular weight excluding hydrogens is 300 g/mol. The van der Waals surface area contributed by atoms with Gasteiger partial charge in [-0.25, -0.2) is 8.78 Å². The van der Waals surface area contributed by atoms with Gasteiger partial charge in [-0.2, -0.15) is 0 Å². The van der Waals surface area contributed by atoms with Gasteiger partial charge < -0.3 is 11.1 Å². The summed E-state index contributed by atoms with van der Waals surface area (Å²) in [6.07, 6.45) is 0.946. The highest BCUT2D eigenvalue weighted by molar-refractivity contribution is 5.92. The maximum absolute atomic E-state index is 13.4. The Morgan fingerprint density at radius 3 is 2.76 bits per heavy atom. The lowest BCUT2D eigenvalue weighted by atomic mass is 9.90. The lowest BCUT2D eigenvalue weighted by molar-refractivity contribution is -0.117. The molecule has 0 aromatic heterocycles. The van der Waals surface area contributed by atoms with Crippen LogP contribution in [-0.2, 0) is 4.79 Å². The standard InChI is InChI=1S/C14H19F2N3O.ClH/c1-14(8-17)4-5-19(9-14)7-13(20)18-12-3-2-10(15)6-11(12)16;/h2-3,6H,4-5,7-9,17H2,1H3,(H,18,20);1H. The van der Waals surface area contributed by atoms with Gasteiger partial charge in [-0.1, -0.05) is 6.92 Å². The van der Waals surface area contributed by atoms with Crippen LogP contribution in [0.15, 0.2) is 18.2 Å². The van der Waals surface area contributed by atoms with E-state index in [1.54, 1.807) is 0 Å². The largest absolute Gasteiger partial charge is 0.330 e. The number of benzene rings is 1. The van der Waals surface area contributed by atoms with Gasteiger partial charge >= 0.3 is 0 Å². The van der Waals surface area contributed by atoms with E-state index in [1.165, 1.54) is 6.07 Å². The number of nitrogens with zero attached hydrogens (tertiary/aromatic N) is 1. The van der Waals surface area contributed by atoms with Crippen LogP contribution in [0, 0.1) is 17.0 Å². The van der Waals surface area contributed by atoms with Crippen molar-refractivity contribution < 1.29 is 13.6 Å². The lowest BCUT2D eigenvalue weighted by Crippen LogP contribution is -2.35. The van der Waals surface area contributed by atoms with E-state index in [0.717, 1.165) is 31.6 Å². The minimum absolute atomic E-state index is 0. The second kappa shape index (κ2) is 7.15. The number of likely N-dealkylation sites (tertiary alicyclic amines) is 1. The average molecular weight is 320 g/mol. The highest BCUT2D eigenvalue weighted by Gasteiger charge is 2.33. The zero-order valence-electron chi connectivity index (χ0n) is 11.9. The summed E-state index contributed by atoms with van der Waals surface area (Å²) in [5, 5.41) is 2.46. The average Bonchev–Trinajstić information content (AvgIpc) is 2.75. The van der Waals surface area contributed by atoms with Gasteiger partial charge in [0.2, 0.25) is 5.91 Å². The van der Waals surface area contributed by atoms with E-state index in [-0.39, 0.29) is 36.0 Å². The molecule has 21 heavy (non-hydrogen) atoms. The molecule has 1 saturated heterocycles. The smallest absolute Gasteiger partial charge is 0.238 e. The van der Waals surface area contributed by atoms with Gasteiger partial charge in [0, 0.05) is 12.6 Å². The van der Waals surface area contributed by atoms with Crippen molar-refractivity contribution in [1.82, 2.24) is 4.90 Å². The third-order valence-corrected chi connectivity index (χ3v) is 3.70. The molecule has 1 aliphatic rings. The first-order chi connectivity index (χ1) is 9.42. The number of nitrogens with two attached hydrogens (primary N) is 1. The lowest BCUT2D eigenvalue weighted by Gasteiger charge is -2.22. The molecule has 3 N–H and O–H groups in total. The van der Waals surface area contributed by atoms with Gasteiger partial charge in [0.15, 0.2) is 0 Å². The first-order valence-corrected chi connectivity index (χ1v) is 6.59. The van der Waals surface area contributed by atoms with Crippen molar-refractivity contribution in [3.05, 3.63) is 29.8 Å². The second-order valence-electron chi connectivity index (χ2n) is 5.65. The van der Waals surface area contributed by atoms with Crippen LogP contribution in [0.1, 0.15) is 13.3 Å². The molecule has 0 saturated carbocycles. The molecular formula is C14H20ClF2N3O. The molecule has 1 heterocycles. The Hall–Kier alpha value is -1.24. The van der Waals surface area contributed by atoms with E-state index in [9.17, 15) is 13.6 Å². The fraction of sp³-hybridized carbons (Fsp3) is 0.500. The number of nitrogens with one attached hydrogen (secondary N) is 1. The second-order valence-corrected chi connectivity index (χ2v) is 5.65. The van der Waals surface area contributed by atoms with Crippen LogP contribution in [0.5, 0.6) is 0 Å². The van der Waals surface area contributed by atoms with E-state index >= 15 is 0 Å². The van der Waals surface area contributed by atoms with E-state index in [0.29, 0.717) is 6.54 Å². The van der Waals surface area contributed by atoms with Crippen LogP contribution in [0.4, 0.5) is 14.5 Å². The summed E-state index contributed by atoms with van der Waals surface area (Å²) in [6.45, 7) is 4.41.